The molecule has 0 spiro atoms. The maximum atomic E-state index is 11.9. The number of carbonyl (C=O) groups excluding carboxylic acids is 1. The number of nitrogens with zero attached hydrogens (tertiary/aromatic N) is 1. The fourth-order valence-electron chi connectivity index (χ4n) is 2.15. The van der Waals surface area contributed by atoms with Gasteiger partial charge in [0.2, 0.25) is 0 Å². The molecule has 0 radical (unpaired) electrons. The number of aromatic nitrogens is 2. The van der Waals surface area contributed by atoms with E-state index in [9.17, 15) is 14.4 Å². The molecule has 1 aromatic heterocycles. The number of thioether (sulfide) groups is 1. The molecule has 0 bridgehead atoms. The van der Waals surface area contributed by atoms with Crippen LogP contribution in [0.3, 0.4) is 0 Å². The molecule has 0 aliphatic carbocycles. The van der Waals surface area contributed by atoms with Crippen molar-refractivity contribution in [3.63, 3.8) is 0 Å². The lowest BCUT2D eigenvalue weighted by Gasteiger charge is -2.08. The number of hydrogen-bond acceptors (Lipinski definition) is 7. The van der Waals surface area contributed by atoms with Gasteiger partial charge in [-0.15, -0.1) is 0 Å². The fourth-order valence-corrected chi connectivity index (χ4v) is 2.92. The van der Waals surface area contributed by atoms with Gasteiger partial charge in [-0.25, -0.2) is 9.78 Å². The molecule has 2 rings (SSSR count). The Kier molecular flexibility index (Phi) is 6.93. The number of benzene rings is 1. The minimum Gasteiger partial charge on any atom is -0.480 e. The number of nitrogens with one attached hydrogen (secondary N) is 1. The fraction of sp³-hybridized carbons (Fsp3) is 0.294. The van der Waals surface area contributed by atoms with Crippen molar-refractivity contribution in [3.05, 3.63) is 57.5 Å². The zero-order valence-electron chi connectivity index (χ0n) is 14.1. The summed E-state index contributed by atoms with van der Waals surface area (Å²) in [5, 5.41) is 9.25. The second-order valence-electron chi connectivity index (χ2n) is 5.41. The summed E-state index contributed by atoms with van der Waals surface area (Å²) in [5.74, 6) is -1.24. The third kappa shape index (κ3) is 5.43. The minimum atomic E-state index is -1.05. The van der Waals surface area contributed by atoms with E-state index in [-0.39, 0.29) is 18.6 Å². The van der Waals surface area contributed by atoms with Crippen molar-refractivity contribution in [1.29, 1.82) is 0 Å². The van der Waals surface area contributed by atoms with E-state index in [0.717, 1.165) is 11.1 Å². The average molecular weight is 377 g/mol. The molecule has 0 aliphatic heterocycles. The molecule has 1 aromatic carbocycles. The van der Waals surface area contributed by atoms with Crippen molar-refractivity contribution >= 4 is 23.7 Å². The van der Waals surface area contributed by atoms with Crippen LogP contribution >= 0.6 is 11.8 Å². The van der Waals surface area contributed by atoms with Crippen LogP contribution in [0.1, 0.15) is 28.4 Å². The van der Waals surface area contributed by atoms with Crippen LogP contribution in [0.15, 0.2) is 40.4 Å². The lowest BCUT2D eigenvalue weighted by Crippen LogP contribution is -2.32. The van der Waals surface area contributed by atoms with E-state index in [1.165, 1.54) is 18.0 Å². The van der Waals surface area contributed by atoms with Gasteiger partial charge in [0.25, 0.3) is 5.56 Å². The summed E-state index contributed by atoms with van der Waals surface area (Å²) in [6.07, 6.45) is 1.43. The summed E-state index contributed by atoms with van der Waals surface area (Å²) >= 11 is 1.29. The molecule has 4 N–H and O–H groups in total. The molecule has 0 amide bonds. The van der Waals surface area contributed by atoms with Gasteiger partial charge in [-0.3, -0.25) is 9.59 Å². The van der Waals surface area contributed by atoms with Crippen molar-refractivity contribution in [3.8, 4) is 0 Å². The number of H-pyrrole nitrogens is 1. The van der Waals surface area contributed by atoms with Gasteiger partial charge in [0.05, 0.1) is 6.61 Å². The highest BCUT2D eigenvalue weighted by molar-refractivity contribution is 7.98. The van der Waals surface area contributed by atoms with Crippen LogP contribution in [0.25, 0.3) is 0 Å². The Hall–Kier alpha value is -2.65. The first-order chi connectivity index (χ1) is 12.4. The van der Waals surface area contributed by atoms with E-state index in [1.807, 2.05) is 24.3 Å². The van der Waals surface area contributed by atoms with E-state index in [1.54, 1.807) is 6.92 Å². The summed E-state index contributed by atoms with van der Waals surface area (Å²) < 4.78 is 4.78. The summed E-state index contributed by atoms with van der Waals surface area (Å²) in [4.78, 5) is 41.0. The van der Waals surface area contributed by atoms with E-state index in [4.69, 9.17) is 15.6 Å². The Balaban J connectivity index is 2.03. The molecule has 0 aliphatic rings. The van der Waals surface area contributed by atoms with Crippen LogP contribution in [-0.4, -0.2) is 39.7 Å². The molecule has 138 valence electrons. The van der Waals surface area contributed by atoms with Gasteiger partial charge in [0.15, 0.2) is 5.16 Å². The smallest absolute Gasteiger partial charge is 0.345 e. The van der Waals surface area contributed by atoms with Gasteiger partial charge >= 0.3 is 11.9 Å². The van der Waals surface area contributed by atoms with Gasteiger partial charge in [-0.2, -0.15) is 0 Å². The Bertz CT molecular complexity index is 852. The quantitative estimate of drug-likeness (QED) is 0.355. The molecule has 1 heterocycles. The Morgan fingerprint density at radius 1 is 1.38 bits per heavy atom. The molecular formula is C17H19N3O5S. The molecule has 8 nitrogen and oxygen atoms in total. The van der Waals surface area contributed by atoms with Crippen LogP contribution < -0.4 is 11.3 Å². The van der Waals surface area contributed by atoms with Crippen LogP contribution in [0.2, 0.25) is 0 Å². The maximum Gasteiger partial charge on any atom is 0.345 e. The van der Waals surface area contributed by atoms with E-state index >= 15 is 0 Å². The lowest BCUT2D eigenvalue weighted by atomic mass is 10.0. The Morgan fingerprint density at radius 2 is 2.12 bits per heavy atom. The number of esters is 1. The highest BCUT2D eigenvalue weighted by Crippen LogP contribution is 2.19. The molecule has 26 heavy (non-hydrogen) atoms. The molecule has 1 unspecified atom stereocenters. The van der Waals surface area contributed by atoms with Crippen molar-refractivity contribution < 1.29 is 19.4 Å². The van der Waals surface area contributed by atoms with Crippen LogP contribution in [0.4, 0.5) is 0 Å². The number of ether oxygens (including phenoxy) is 1. The van der Waals surface area contributed by atoms with Crippen LogP contribution in [-0.2, 0) is 21.7 Å². The van der Waals surface area contributed by atoms with Crippen LogP contribution in [0.5, 0.6) is 0 Å². The Labute approximate surface area is 153 Å². The SMILES string of the molecule is CCOC(=O)c1cnc(SCc2cccc(CC(N)C(=O)O)c2)[nH]c1=O. The van der Waals surface area contributed by atoms with Crippen molar-refractivity contribution in [1.82, 2.24) is 9.97 Å². The first kappa shape index (κ1) is 19.7. The third-order valence-corrected chi connectivity index (χ3v) is 4.37. The molecule has 2 aromatic rings. The maximum absolute atomic E-state index is 11.9. The summed E-state index contributed by atoms with van der Waals surface area (Å²) in [7, 11) is 0. The van der Waals surface area contributed by atoms with Gasteiger partial charge in [0, 0.05) is 11.9 Å². The number of rotatable bonds is 8. The second kappa shape index (κ2) is 9.16. The Morgan fingerprint density at radius 3 is 2.77 bits per heavy atom. The van der Waals surface area contributed by atoms with Gasteiger partial charge in [-0.1, -0.05) is 36.0 Å². The van der Waals surface area contributed by atoms with E-state index < -0.39 is 23.5 Å². The molecule has 0 fully saturated rings. The number of aromatic amines is 1. The predicted octanol–water partition coefficient (Wildman–Crippen LogP) is 1.19. The number of carboxylic acids is 1. The second-order valence-corrected chi connectivity index (χ2v) is 6.37. The number of carboxylic acid groups (broad SMARTS) is 1. The summed E-state index contributed by atoms with van der Waals surface area (Å²) in [6, 6.07) is 6.42. The van der Waals surface area contributed by atoms with E-state index in [0.29, 0.717) is 10.9 Å². The number of nitrogens with two attached hydrogens (primary N) is 1. The minimum absolute atomic E-state index is 0.138. The normalized spacial score (nSPS) is 11.8. The van der Waals surface area contributed by atoms with Gasteiger partial charge < -0.3 is 20.6 Å². The first-order valence-corrected chi connectivity index (χ1v) is 8.84. The van der Waals surface area contributed by atoms with Crippen LogP contribution in [0, 0.1) is 0 Å². The van der Waals surface area contributed by atoms with E-state index in [2.05, 4.69) is 9.97 Å². The number of hydrogen-bond donors (Lipinski definition) is 3. The molecular weight excluding hydrogens is 358 g/mol. The first-order valence-electron chi connectivity index (χ1n) is 7.86. The molecule has 9 heteroatoms. The summed E-state index contributed by atoms with van der Waals surface area (Å²) in [6.45, 7) is 1.83. The van der Waals surface area contributed by atoms with Crippen molar-refractivity contribution in [2.75, 3.05) is 6.61 Å². The lowest BCUT2D eigenvalue weighted by molar-refractivity contribution is -0.138. The monoisotopic (exact) mass is 377 g/mol. The zero-order chi connectivity index (χ0) is 19.1. The predicted molar refractivity (Wildman–Crippen MR) is 96.1 cm³/mol. The molecule has 0 saturated heterocycles. The molecule has 0 saturated carbocycles. The topological polar surface area (TPSA) is 135 Å². The highest BCUT2D eigenvalue weighted by Gasteiger charge is 2.14. The van der Waals surface area contributed by atoms with Gasteiger partial charge in [0.1, 0.15) is 11.6 Å². The third-order valence-electron chi connectivity index (χ3n) is 3.41. The number of carbonyl (C=O) groups is 2. The van der Waals surface area contributed by atoms with Crippen molar-refractivity contribution in [2.24, 2.45) is 5.73 Å². The van der Waals surface area contributed by atoms with Crippen molar-refractivity contribution in [2.45, 2.75) is 30.3 Å². The highest BCUT2D eigenvalue weighted by atomic mass is 32.2. The van der Waals surface area contributed by atoms with Gasteiger partial charge in [-0.05, 0) is 24.5 Å². The largest absolute Gasteiger partial charge is 0.480 e. The molecule has 1 atom stereocenters. The average Bonchev–Trinajstić information content (AvgIpc) is 2.60. The summed E-state index contributed by atoms with van der Waals surface area (Å²) in [5.41, 5.74) is 6.61. The zero-order valence-corrected chi connectivity index (χ0v) is 14.9. The number of aliphatic carboxylic acids is 1. The standard InChI is InChI=1S/C17H19N3O5S/c1-2-25-16(24)12-8-19-17(20-14(12)21)26-9-11-5-3-4-10(6-11)7-13(18)15(22)23/h3-6,8,13H,2,7,9,18H2,1H3,(H,22,23)(H,19,20,21).